The minimum atomic E-state index is 0.516. The summed E-state index contributed by atoms with van der Waals surface area (Å²) in [6.45, 7) is 7.85. The first-order chi connectivity index (χ1) is 8.15. The van der Waals surface area contributed by atoms with E-state index in [1.54, 1.807) is 0 Å². The second-order valence-electron chi connectivity index (χ2n) is 5.71. The number of guanidine groups is 1. The molecule has 4 heteroatoms. The van der Waals surface area contributed by atoms with E-state index in [9.17, 15) is 0 Å². The third-order valence-corrected chi connectivity index (χ3v) is 3.90. The summed E-state index contributed by atoms with van der Waals surface area (Å²) >= 11 is 0. The van der Waals surface area contributed by atoms with Gasteiger partial charge in [-0.2, -0.15) is 0 Å². The first-order valence-corrected chi connectivity index (χ1v) is 6.95. The Morgan fingerprint density at radius 3 is 2.59 bits per heavy atom. The molecule has 2 fully saturated rings. The fourth-order valence-electron chi connectivity index (χ4n) is 2.30. The van der Waals surface area contributed by atoms with Gasteiger partial charge in [-0.25, -0.2) is 0 Å². The van der Waals surface area contributed by atoms with Crippen LogP contribution in [0.3, 0.4) is 0 Å². The van der Waals surface area contributed by atoms with Gasteiger partial charge in [0.15, 0.2) is 5.96 Å². The summed E-state index contributed by atoms with van der Waals surface area (Å²) < 4.78 is 0. The van der Waals surface area contributed by atoms with Crippen molar-refractivity contribution in [2.24, 2.45) is 16.6 Å². The number of hydrogen-bond donors (Lipinski definition) is 2. The standard InChI is InChI=1S/C13H26N4/c1-10-5-7-17(8-6-10)11(2)9-15-13(14)16-12-3-4-12/h10-12H,3-9H2,1-2H3,(H3,14,15,16)/t11-/m0/s1. The van der Waals surface area contributed by atoms with E-state index in [0.29, 0.717) is 18.0 Å². The molecule has 1 saturated carbocycles. The van der Waals surface area contributed by atoms with Crippen molar-refractivity contribution in [1.82, 2.24) is 10.2 Å². The van der Waals surface area contributed by atoms with Gasteiger partial charge < -0.3 is 11.1 Å². The van der Waals surface area contributed by atoms with Crippen LogP contribution in [0.4, 0.5) is 0 Å². The summed E-state index contributed by atoms with van der Waals surface area (Å²) in [5.74, 6) is 1.52. The van der Waals surface area contributed by atoms with Crippen molar-refractivity contribution in [3.8, 4) is 0 Å². The van der Waals surface area contributed by atoms with Crippen LogP contribution in [-0.4, -0.2) is 42.6 Å². The van der Waals surface area contributed by atoms with E-state index in [4.69, 9.17) is 5.73 Å². The number of nitrogens with zero attached hydrogens (tertiary/aromatic N) is 2. The normalized spacial score (nSPS) is 25.9. The van der Waals surface area contributed by atoms with Crippen LogP contribution in [0.1, 0.15) is 39.5 Å². The van der Waals surface area contributed by atoms with Crippen molar-refractivity contribution in [3.63, 3.8) is 0 Å². The zero-order valence-electron chi connectivity index (χ0n) is 11.2. The van der Waals surface area contributed by atoms with Crippen LogP contribution in [0.5, 0.6) is 0 Å². The van der Waals surface area contributed by atoms with E-state index in [2.05, 4.69) is 29.1 Å². The van der Waals surface area contributed by atoms with Crippen LogP contribution < -0.4 is 11.1 Å². The lowest BCUT2D eigenvalue weighted by molar-refractivity contribution is 0.150. The quantitative estimate of drug-likeness (QED) is 0.571. The number of nitrogens with two attached hydrogens (primary N) is 1. The second-order valence-corrected chi connectivity index (χ2v) is 5.71. The molecule has 0 aromatic heterocycles. The minimum absolute atomic E-state index is 0.516. The molecule has 1 atom stereocenters. The lowest BCUT2D eigenvalue weighted by Crippen LogP contribution is -2.42. The molecule has 1 aliphatic carbocycles. The highest BCUT2D eigenvalue weighted by Gasteiger charge is 2.22. The van der Waals surface area contributed by atoms with E-state index in [1.807, 2.05) is 0 Å². The molecular weight excluding hydrogens is 212 g/mol. The van der Waals surface area contributed by atoms with Gasteiger partial charge in [-0.05, 0) is 51.6 Å². The maximum atomic E-state index is 5.83. The first-order valence-electron chi connectivity index (χ1n) is 6.95. The average Bonchev–Trinajstić information content (AvgIpc) is 3.11. The molecule has 2 aliphatic rings. The topological polar surface area (TPSA) is 53.6 Å². The smallest absolute Gasteiger partial charge is 0.188 e. The summed E-state index contributed by atoms with van der Waals surface area (Å²) in [6, 6.07) is 1.12. The first kappa shape index (κ1) is 12.7. The van der Waals surface area contributed by atoms with Crippen molar-refractivity contribution in [1.29, 1.82) is 0 Å². The van der Waals surface area contributed by atoms with Crippen LogP contribution in [0.15, 0.2) is 4.99 Å². The van der Waals surface area contributed by atoms with Gasteiger partial charge in [-0.3, -0.25) is 9.89 Å². The van der Waals surface area contributed by atoms with Crippen LogP contribution in [-0.2, 0) is 0 Å². The summed E-state index contributed by atoms with van der Waals surface area (Å²) in [4.78, 5) is 6.98. The Labute approximate surface area is 105 Å². The zero-order valence-corrected chi connectivity index (χ0v) is 11.2. The summed E-state index contributed by atoms with van der Waals surface area (Å²) in [6.07, 6.45) is 5.14. The molecule has 0 bridgehead atoms. The van der Waals surface area contributed by atoms with Gasteiger partial charge in [-0.1, -0.05) is 6.92 Å². The number of piperidine rings is 1. The van der Waals surface area contributed by atoms with Crippen LogP contribution in [0, 0.1) is 5.92 Å². The molecule has 0 spiro atoms. The number of hydrogen-bond acceptors (Lipinski definition) is 2. The third-order valence-electron chi connectivity index (χ3n) is 3.90. The van der Waals surface area contributed by atoms with Gasteiger partial charge in [-0.15, -0.1) is 0 Å². The van der Waals surface area contributed by atoms with Gasteiger partial charge in [0.25, 0.3) is 0 Å². The lowest BCUT2D eigenvalue weighted by atomic mass is 9.98. The maximum Gasteiger partial charge on any atom is 0.188 e. The van der Waals surface area contributed by atoms with E-state index in [1.165, 1.54) is 38.8 Å². The van der Waals surface area contributed by atoms with Gasteiger partial charge in [0, 0.05) is 12.1 Å². The Balaban J connectivity index is 1.70. The van der Waals surface area contributed by atoms with Crippen LogP contribution in [0.25, 0.3) is 0 Å². The fourth-order valence-corrected chi connectivity index (χ4v) is 2.30. The molecule has 98 valence electrons. The Morgan fingerprint density at radius 1 is 1.35 bits per heavy atom. The number of rotatable bonds is 4. The predicted molar refractivity (Wildman–Crippen MR) is 72.1 cm³/mol. The zero-order chi connectivity index (χ0) is 12.3. The largest absolute Gasteiger partial charge is 0.370 e. The Bertz CT molecular complexity index is 265. The number of nitrogens with one attached hydrogen (secondary N) is 1. The lowest BCUT2D eigenvalue weighted by Gasteiger charge is -2.34. The SMILES string of the molecule is CC1CCN([C@@H](C)CN=C(N)NC2CC2)CC1. The van der Waals surface area contributed by atoms with Crippen molar-refractivity contribution in [2.45, 2.75) is 51.6 Å². The Morgan fingerprint density at radius 2 is 2.00 bits per heavy atom. The highest BCUT2D eigenvalue weighted by atomic mass is 15.2. The molecule has 0 aromatic carbocycles. The molecule has 17 heavy (non-hydrogen) atoms. The monoisotopic (exact) mass is 238 g/mol. The highest BCUT2D eigenvalue weighted by molar-refractivity contribution is 5.78. The molecule has 1 heterocycles. The number of likely N-dealkylation sites (tertiary alicyclic amines) is 1. The van der Waals surface area contributed by atoms with Crippen LogP contribution >= 0.6 is 0 Å². The molecule has 0 aromatic rings. The summed E-state index contributed by atoms with van der Waals surface area (Å²) in [7, 11) is 0. The van der Waals surface area contributed by atoms with E-state index >= 15 is 0 Å². The van der Waals surface area contributed by atoms with Gasteiger partial charge in [0.1, 0.15) is 0 Å². The van der Waals surface area contributed by atoms with Crippen molar-refractivity contribution >= 4 is 5.96 Å². The molecule has 4 nitrogen and oxygen atoms in total. The van der Waals surface area contributed by atoms with Crippen LogP contribution in [0.2, 0.25) is 0 Å². The summed E-state index contributed by atoms with van der Waals surface area (Å²) in [5.41, 5.74) is 5.83. The number of aliphatic imine (C=N–C) groups is 1. The summed E-state index contributed by atoms with van der Waals surface area (Å²) in [5, 5.41) is 3.23. The minimum Gasteiger partial charge on any atom is -0.370 e. The van der Waals surface area contributed by atoms with Crippen molar-refractivity contribution in [2.75, 3.05) is 19.6 Å². The Hall–Kier alpha value is -0.770. The molecule has 1 aliphatic heterocycles. The Kier molecular flexibility index (Phi) is 4.26. The molecule has 3 N–H and O–H groups in total. The maximum absolute atomic E-state index is 5.83. The second kappa shape index (κ2) is 5.71. The predicted octanol–water partition coefficient (Wildman–Crippen LogP) is 1.17. The van der Waals surface area contributed by atoms with E-state index in [-0.39, 0.29) is 0 Å². The third kappa shape index (κ3) is 4.19. The van der Waals surface area contributed by atoms with Gasteiger partial charge in [0.05, 0.1) is 6.54 Å². The van der Waals surface area contributed by atoms with Gasteiger partial charge in [0.2, 0.25) is 0 Å². The molecule has 1 saturated heterocycles. The molecule has 0 amide bonds. The highest BCUT2D eigenvalue weighted by Crippen LogP contribution is 2.19. The fraction of sp³-hybridized carbons (Fsp3) is 0.923. The van der Waals surface area contributed by atoms with E-state index in [0.717, 1.165) is 12.5 Å². The molecule has 2 rings (SSSR count). The molecular formula is C13H26N4. The average molecular weight is 238 g/mol. The van der Waals surface area contributed by atoms with Gasteiger partial charge >= 0.3 is 0 Å². The van der Waals surface area contributed by atoms with Crippen molar-refractivity contribution in [3.05, 3.63) is 0 Å². The van der Waals surface area contributed by atoms with E-state index < -0.39 is 0 Å². The molecule has 0 radical (unpaired) electrons. The van der Waals surface area contributed by atoms with Crippen molar-refractivity contribution < 1.29 is 0 Å². The molecule has 0 unspecified atom stereocenters.